The summed E-state index contributed by atoms with van der Waals surface area (Å²) >= 11 is 13.4. The molecule has 2 heterocycles. The third-order valence-electron chi connectivity index (χ3n) is 4.60. The predicted octanol–water partition coefficient (Wildman–Crippen LogP) is 5.05. The third-order valence-corrected chi connectivity index (χ3v) is 6.20. The maximum absolute atomic E-state index is 13.2. The van der Waals surface area contributed by atoms with Gasteiger partial charge in [-0.15, -0.1) is 17.9 Å². The number of hydrogen-bond donors (Lipinski definition) is 0. The molecule has 0 saturated carbocycles. The Morgan fingerprint density at radius 3 is 2.77 bits per heavy atom. The summed E-state index contributed by atoms with van der Waals surface area (Å²) < 4.78 is 1.41. The van der Waals surface area contributed by atoms with Crippen LogP contribution in [0.15, 0.2) is 71.5 Å². The second-order valence-electron chi connectivity index (χ2n) is 6.61. The Morgan fingerprint density at radius 1 is 1.19 bits per heavy atom. The number of rotatable bonds is 6. The molecule has 0 spiro atoms. The van der Waals surface area contributed by atoms with Gasteiger partial charge in [0.05, 0.1) is 33.0 Å². The van der Waals surface area contributed by atoms with Crippen LogP contribution in [-0.2, 0) is 11.3 Å². The first kappa shape index (κ1) is 21.2. The van der Waals surface area contributed by atoms with Gasteiger partial charge < -0.3 is 0 Å². The molecule has 0 aliphatic heterocycles. The minimum atomic E-state index is -0.346. The Labute approximate surface area is 192 Å². The summed E-state index contributed by atoms with van der Waals surface area (Å²) in [5.41, 5.74) is 2.35. The highest BCUT2D eigenvalue weighted by Gasteiger charge is 2.20. The van der Waals surface area contributed by atoms with Crippen molar-refractivity contribution in [2.24, 2.45) is 0 Å². The van der Waals surface area contributed by atoms with Gasteiger partial charge in [0.1, 0.15) is 6.54 Å². The van der Waals surface area contributed by atoms with Crippen LogP contribution in [-0.4, -0.2) is 27.0 Å². The van der Waals surface area contributed by atoms with Crippen molar-refractivity contribution in [3.63, 3.8) is 0 Å². The van der Waals surface area contributed by atoms with Crippen LogP contribution >= 0.6 is 34.5 Å². The number of thiazole rings is 1. The van der Waals surface area contributed by atoms with Crippen LogP contribution < -0.4 is 10.5 Å². The van der Waals surface area contributed by atoms with Crippen LogP contribution in [0.2, 0.25) is 10.0 Å². The van der Waals surface area contributed by atoms with Crippen molar-refractivity contribution in [3.05, 3.63) is 87.1 Å². The summed E-state index contributed by atoms with van der Waals surface area (Å²) in [4.78, 5) is 35.8. The second-order valence-corrected chi connectivity index (χ2v) is 8.26. The number of amides is 1. The first-order chi connectivity index (χ1) is 15.0. The summed E-state index contributed by atoms with van der Waals surface area (Å²) in [6.45, 7) is 3.85. The minimum absolute atomic E-state index is 0.141. The molecule has 2 aromatic heterocycles. The van der Waals surface area contributed by atoms with E-state index >= 15 is 0 Å². The quantitative estimate of drug-likeness (QED) is 0.370. The number of hydrogen-bond acceptors (Lipinski definition) is 5. The molecule has 2 aromatic carbocycles. The molecule has 9 heteroatoms. The Hall–Kier alpha value is -3.00. The zero-order chi connectivity index (χ0) is 22.0. The van der Waals surface area contributed by atoms with Gasteiger partial charge >= 0.3 is 0 Å². The lowest BCUT2D eigenvalue weighted by Gasteiger charge is -2.19. The molecule has 1 amide bonds. The van der Waals surface area contributed by atoms with E-state index in [9.17, 15) is 9.59 Å². The Balaban J connectivity index is 1.66. The Morgan fingerprint density at radius 2 is 2.00 bits per heavy atom. The smallest absolute Gasteiger partial charge is 0.269 e. The summed E-state index contributed by atoms with van der Waals surface area (Å²) in [6, 6.07) is 12.4. The van der Waals surface area contributed by atoms with E-state index in [1.165, 1.54) is 27.0 Å². The van der Waals surface area contributed by atoms with Gasteiger partial charge in [-0.3, -0.25) is 19.1 Å². The highest BCUT2D eigenvalue weighted by molar-refractivity contribution is 7.14. The number of fused-ring (bicyclic) bond motifs is 1. The molecule has 6 nitrogen and oxygen atoms in total. The second kappa shape index (κ2) is 9.01. The minimum Gasteiger partial charge on any atom is -0.296 e. The van der Waals surface area contributed by atoms with Crippen molar-refractivity contribution in [2.45, 2.75) is 6.54 Å². The molecule has 4 aromatic rings. The van der Waals surface area contributed by atoms with Gasteiger partial charge in [-0.25, -0.2) is 9.97 Å². The number of anilines is 1. The summed E-state index contributed by atoms with van der Waals surface area (Å²) in [6.07, 6.45) is 2.84. The van der Waals surface area contributed by atoms with E-state index in [-0.39, 0.29) is 24.6 Å². The number of aromatic nitrogens is 3. The number of carbonyl (C=O) groups is 1. The molecule has 0 fully saturated rings. The van der Waals surface area contributed by atoms with Crippen molar-refractivity contribution in [1.82, 2.24) is 14.5 Å². The number of halogens is 2. The lowest BCUT2D eigenvalue weighted by atomic mass is 10.2. The zero-order valence-corrected chi connectivity index (χ0v) is 18.5. The van der Waals surface area contributed by atoms with E-state index < -0.39 is 0 Å². The zero-order valence-electron chi connectivity index (χ0n) is 16.2. The van der Waals surface area contributed by atoms with Crippen molar-refractivity contribution in [2.75, 3.05) is 11.4 Å². The van der Waals surface area contributed by atoms with Gasteiger partial charge in [0.2, 0.25) is 5.91 Å². The summed E-state index contributed by atoms with van der Waals surface area (Å²) in [7, 11) is 0. The standard InChI is InChI=1S/C22H16Cl2N4O2S/c1-2-9-27(22-26-18(13-31-22)14-7-8-15(23)16(24)10-14)21(30)12-28-19-6-4-3-5-17(19)25-11-20(28)29/h2-8,10-11,13H,1,9,12H2. The lowest BCUT2D eigenvalue weighted by Crippen LogP contribution is -2.36. The van der Waals surface area contributed by atoms with E-state index in [4.69, 9.17) is 23.2 Å². The molecule has 0 aliphatic carbocycles. The molecule has 0 N–H and O–H groups in total. The summed E-state index contributed by atoms with van der Waals surface area (Å²) in [5.74, 6) is -0.284. The van der Waals surface area contributed by atoms with E-state index in [1.807, 2.05) is 17.5 Å². The number of nitrogens with zero attached hydrogens (tertiary/aromatic N) is 4. The molecule has 4 rings (SSSR count). The summed E-state index contributed by atoms with van der Waals surface area (Å²) in [5, 5.41) is 3.22. The van der Waals surface area contributed by atoms with Gasteiger partial charge in [0, 0.05) is 17.5 Å². The van der Waals surface area contributed by atoms with Gasteiger partial charge in [0.25, 0.3) is 5.56 Å². The molecular weight excluding hydrogens is 455 g/mol. The molecule has 0 radical (unpaired) electrons. The fourth-order valence-electron chi connectivity index (χ4n) is 3.09. The fourth-order valence-corrected chi connectivity index (χ4v) is 4.25. The van der Waals surface area contributed by atoms with Crippen LogP contribution in [0.1, 0.15) is 0 Å². The number of carbonyl (C=O) groups excluding carboxylic acids is 1. The number of benzene rings is 2. The first-order valence-corrected chi connectivity index (χ1v) is 10.9. The monoisotopic (exact) mass is 470 g/mol. The van der Waals surface area contributed by atoms with Crippen molar-refractivity contribution < 1.29 is 4.79 Å². The largest absolute Gasteiger partial charge is 0.296 e. The first-order valence-electron chi connectivity index (χ1n) is 9.24. The molecule has 0 unspecified atom stereocenters. The van der Waals surface area contributed by atoms with E-state index in [2.05, 4.69) is 16.5 Å². The lowest BCUT2D eigenvalue weighted by molar-refractivity contribution is -0.119. The van der Waals surface area contributed by atoms with Crippen LogP contribution in [0.5, 0.6) is 0 Å². The molecule has 0 atom stereocenters. The fraction of sp³-hybridized carbons (Fsp3) is 0.0909. The maximum Gasteiger partial charge on any atom is 0.269 e. The molecule has 156 valence electrons. The third kappa shape index (κ3) is 4.39. The molecule has 0 bridgehead atoms. The predicted molar refractivity (Wildman–Crippen MR) is 126 cm³/mol. The SMILES string of the molecule is C=CCN(C(=O)Cn1c(=O)cnc2ccccc21)c1nc(-c2ccc(Cl)c(Cl)c2)cs1. The number of para-hydroxylation sites is 2. The normalized spacial score (nSPS) is 10.9. The van der Waals surface area contributed by atoms with E-state index in [0.717, 1.165) is 5.56 Å². The van der Waals surface area contributed by atoms with E-state index in [1.54, 1.807) is 36.4 Å². The molecular formula is C22H16Cl2N4O2S. The van der Waals surface area contributed by atoms with Gasteiger partial charge in [-0.05, 0) is 24.3 Å². The Kier molecular flexibility index (Phi) is 6.18. The average molecular weight is 471 g/mol. The Bertz CT molecular complexity index is 1350. The average Bonchev–Trinajstić information content (AvgIpc) is 3.25. The highest BCUT2D eigenvalue weighted by Crippen LogP contribution is 2.31. The van der Waals surface area contributed by atoms with Crippen LogP contribution in [0.25, 0.3) is 22.3 Å². The van der Waals surface area contributed by atoms with Gasteiger partial charge in [-0.1, -0.05) is 47.5 Å². The van der Waals surface area contributed by atoms with Crippen LogP contribution in [0.3, 0.4) is 0 Å². The van der Waals surface area contributed by atoms with Crippen LogP contribution in [0.4, 0.5) is 5.13 Å². The van der Waals surface area contributed by atoms with Crippen molar-refractivity contribution >= 4 is 56.6 Å². The highest BCUT2D eigenvalue weighted by atomic mass is 35.5. The van der Waals surface area contributed by atoms with Gasteiger partial charge in [-0.2, -0.15) is 0 Å². The molecule has 31 heavy (non-hydrogen) atoms. The van der Waals surface area contributed by atoms with Crippen LogP contribution in [0, 0.1) is 0 Å². The van der Waals surface area contributed by atoms with Gasteiger partial charge in [0.15, 0.2) is 5.13 Å². The maximum atomic E-state index is 13.2. The van der Waals surface area contributed by atoms with Crippen molar-refractivity contribution in [3.8, 4) is 11.3 Å². The topological polar surface area (TPSA) is 68.1 Å². The molecule has 0 aliphatic rings. The van der Waals surface area contributed by atoms with Crippen molar-refractivity contribution in [1.29, 1.82) is 0 Å². The molecule has 0 saturated heterocycles. The van der Waals surface area contributed by atoms with E-state index in [0.29, 0.717) is 31.9 Å².